The summed E-state index contributed by atoms with van der Waals surface area (Å²) in [7, 11) is 0. The zero-order valence-corrected chi connectivity index (χ0v) is 10.5. The van der Waals surface area contributed by atoms with Crippen molar-refractivity contribution in [1.29, 1.82) is 0 Å². The molecule has 2 N–H and O–H groups in total. The first-order chi connectivity index (χ1) is 7.37. The molecule has 0 spiro atoms. The topological polar surface area (TPSA) is 66.4 Å². The average Bonchev–Trinajstić information content (AvgIpc) is 2.14. The number of rotatable bonds is 8. The van der Waals surface area contributed by atoms with Crippen molar-refractivity contribution in [2.24, 2.45) is 5.41 Å². The van der Waals surface area contributed by atoms with Gasteiger partial charge in [-0.1, -0.05) is 27.2 Å². The van der Waals surface area contributed by atoms with Gasteiger partial charge < -0.3 is 10.4 Å². The predicted octanol–water partition coefficient (Wildman–Crippen LogP) is 2.18. The minimum atomic E-state index is -0.848. The molecule has 0 radical (unpaired) electrons. The molecular weight excluding hydrogens is 206 g/mol. The molecule has 0 aliphatic rings. The molecule has 0 heterocycles. The Balaban J connectivity index is 3.68. The molecule has 0 aliphatic carbocycles. The van der Waals surface area contributed by atoms with Gasteiger partial charge in [0.05, 0.1) is 0 Å². The number of carboxylic acids is 1. The number of aliphatic carboxylic acids is 1. The molecule has 0 aliphatic heterocycles. The van der Waals surface area contributed by atoms with Crippen LogP contribution >= 0.6 is 0 Å². The molecule has 0 rings (SSSR count). The smallest absolute Gasteiger partial charge is 0.303 e. The highest BCUT2D eigenvalue weighted by Gasteiger charge is 2.17. The van der Waals surface area contributed by atoms with E-state index in [1.54, 1.807) is 0 Å². The molecule has 0 saturated heterocycles. The van der Waals surface area contributed by atoms with Crippen LogP contribution < -0.4 is 5.32 Å². The summed E-state index contributed by atoms with van der Waals surface area (Å²) in [6.07, 6.45) is 2.94. The molecule has 0 fully saturated rings. The van der Waals surface area contributed by atoms with E-state index in [2.05, 4.69) is 26.1 Å². The second kappa shape index (κ2) is 7.25. The third-order valence-electron chi connectivity index (χ3n) is 2.49. The fraction of sp³-hybridized carbons (Fsp3) is 0.833. The minimum Gasteiger partial charge on any atom is -0.481 e. The van der Waals surface area contributed by atoms with Crippen LogP contribution in [0, 0.1) is 5.41 Å². The van der Waals surface area contributed by atoms with Gasteiger partial charge in [-0.05, 0) is 18.3 Å². The molecule has 0 unspecified atom stereocenters. The fourth-order valence-electron chi connectivity index (χ4n) is 1.59. The third-order valence-corrected chi connectivity index (χ3v) is 2.49. The quantitative estimate of drug-likeness (QED) is 0.670. The Morgan fingerprint density at radius 3 is 2.38 bits per heavy atom. The lowest BCUT2D eigenvalue weighted by atomic mass is 9.88. The molecule has 94 valence electrons. The van der Waals surface area contributed by atoms with Gasteiger partial charge in [-0.25, -0.2) is 0 Å². The summed E-state index contributed by atoms with van der Waals surface area (Å²) in [5, 5.41) is 11.3. The standard InChI is InChI=1S/C12H23NO3/c1-4-8-12(2,3)9-13-10(14)6-5-7-11(15)16/h4-9H2,1-3H3,(H,13,14)(H,15,16). The maximum absolute atomic E-state index is 11.4. The van der Waals surface area contributed by atoms with E-state index in [0.717, 1.165) is 12.8 Å². The summed E-state index contributed by atoms with van der Waals surface area (Å²) < 4.78 is 0. The van der Waals surface area contributed by atoms with Gasteiger partial charge in [-0.15, -0.1) is 0 Å². The number of carboxylic acid groups (broad SMARTS) is 1. The van der Waals surface area contributed by atoms with E-state index in [4.69, 9.17) is 5.11 Å². The second-order valence-corrected chi connectivity index (χ2v) is 4.94. The summed E-state index contributed by atoms with van der Waals surface area (Å²) in [5.74, 6) is -0.899. The minimum absolute atomic E-state index is 0.0505. The van der Waals surface area contributed by atoms with Crippen LogP contribution in [-0.4, -0.2) is 23.5 Å². The molecule has 0 aromatic heterocycles. The van der Waals surface area contributed by atoms with E-state index >= 15 is 0 Å². The lowest BCUT2D eigenvalue weighted by Gasteiger charge is -2.24. The molecule has 0 aromatic rings. The maximum Gasteiger partial charge on any atom is 0.303 e. The van der Waals surface area contributed by atoms with E-state index in [0.29, 0.717) is 19.4 Å². The van der Waals surface area contributed by atoms with Crippen molar-refractivity contribution in [1.82, 2.24) is 5.32 Å². The molecular formula is C12H23NO3. The van der Waals surface area contributed by atoms with Crippen molar-refractivity contribution in [3.63, 3.8) is 0 Å². The van der Waals surface area contributed by atoms with Crippen LogP contribution in [0.5, 0.6) is 0 Å². The Morgan fingerprint density at radius 2 is 1.88 bits per heavy atom. The second-order valence-electron chi connectivity index (χ2n) is 4.94. The highest BCUT2D eigenvalue weighted by Crippen LogP contribution is 2.20. The monoisotopic (exact) mass is 229 g/mol. The number of carbonyl (C=O) groups is 2. The summed E-state index contributed by atoms with van der Waals surface area (Å²) in [6, 6.07) is 0. The summed E-state index contributed by atoms with van der Waals surface area (Å²) >= 11 is 0. The highest BCUT2D eigenvalue weighted by molar-refractivity contribution is 5.76. The summed E-state index contributed by atoms with van der Waals surface area (Å²) in [5.41, 5.74) is 0.122. The van der Waals surface area contributed by atoms with Crippen molar-refractivity contribution in [2.75, 3.05) is 6.54 Å². The SMILES string of the molecule is CCCC(C)(C)CNC(=O)CCCC(=O)O. The van der Waals surface area contributed by atoms with Gasteiger partial charge in [0, 0.05) is 19.4 Å². The van der Waals surface area contributed by atoms with Gasteiger partial charge in [-0.3, -0.25) is 9.59 Å². The molecule has 4 nitrogen and oxygen atoms in total. The lowest BCUT2D eigenvalue weighted by molar-refractivity contribution is -0.137. The molecule has 0 aromatic carbocycles. The van der Waals surface area contributed by atoms with Crippen molar-refractivity contribution in [2.45, 2.75) is 52.9 Å². The Labute approximate surface area is 97.4 Å². The molecule has 1 amide bonds. The van der Waals surface area contributed by atoms with Crippen molar-refractivity contribution in [3.05, 3.63) is 0 Å². The first-order valence-corrected chi connectivity index (χ1v) is 5.86. The van der Waals surface area contributed by atoms with Crippen LogP contribution in [0.25, 0.3) is 0 Å². The Hall–Kier alpha value is -1.06. The zero-order chi connectivity index (χ0) is 12.6. The summed E-state index contributed by atoms with van der Waals surface area (Å²) in [4.78, 5) is 21.6. The maximum atomic E-state index is 11.4. The van der Waals surface area contributed by atoms with Gasteiger partial charge in [-0.2, -0.15) is 0 Å². The molecule has 0 saturated carbocycles. The van der Waals surface area contributed by atoms with Crippen LogP contribution in [0.15, 0.2) is 0 Å². The third kappa shape index (κ3) is 8.26. The van der Waals surface area contributed by atoms with E-state index in [1.165, 1.54) is 0 Å². The van der Waals surface area contributed by atoms with Crippen LogP contribution in [0.3, 0.4) is 0 Å². The number of nitrogens with one attached hydrogen (secondary N) is 1. The summed E-state index contributed by atoms with van der Waals surface area (Å²) in [6.45, 7) is 7.02. The number of carbonyl (C=O) groups excluding carboxylic acids is 1. The number of amides is 1. The van der Waals surface area contributed by atoms with Crippen molar-refractivity contribution in [3.8, 4) is 0 Å². The Bertz CT molecular complexity index is 236. The molecule has 16 heavy (non-hydrogen) atoms. The van der Waals surface area contributed by atoms with Crippen LogP contribution in [0.4, 0.5) is 0 Å². The largest absolute Gasteiger partial charge is 0.481 e. The van der Waals surface area contributed by atoms with Crippen LogP contribution in [0.1, 0.15) is 52.9 Å². The highest BCUT2D eigenvalue weighted by atomic mass is 16.4. The Kier molecular flexibility index (Phi) is 6.77. The van der Waals surface area contributed by atoms with Crippen LogP contribution in [0.2, 0.25) is 0 Å². The average molecular weight is 229 g/mol. The van der Waals surface area contributed by atoms with Crippen LogP contribution in [-0.2, 0) is 9.59 Å². The van der Waals surface area contributed by atoms with E-state index in [-0.39, 0.29) is 17.7 Å². The lowest BCUT2D eigenvalue weighted by Crippen LogP contribution is -2.33. The van der Waals surface area contributed by atoms with E-state index in [9.17, 15) is 9.59 Å². The predicted molar refractivity (Wildman–Crippen MR) is 63.2 cm³/mol. The van der Waals surface area contributed by atoms with Gasteiger partial charge in [0.25, 0.3) is 0 Å². The zero-order valence-electron chi connectivity index (χ0n) is 10.5. The Morgan fingerprint density at radius 1 is 1.25 bits per heavy atom. The normalized spacial score (nSPS) is 11.2. The number of hydrogen-bond donors (Lipinski definition) is 2. The fourth-order valence-corrected chi connectivity index (χ4v) is 1.59. The molecule has 0 bridgehead atoms. The number of hydrogen-bond acceptors (Lipinski definition) is 2. The van der Waals surface area contributed by atoms with E-state index < -0.39 is 5.97 Å². The van der Waals surface area contributed by atoms with Gasteiger partial charge in [0.2, 0.25) is 5.91 Å². The van der Waals surface area contributed by atoms with E-state index in [1.807, 2.05) is 0 Å². The molecule has 4 heteroatoms. The van der Waals surface area contributed by atoms with Crippen molar-refractivity contribution >= 4 is 11.9 Å². The first kappa shape index (κ1) is 14.9. The van der Waals surface area contributed by atoms with Gasteiger partial charge >= 0.3 is 5.97 Å². The molecule has 0 atom stereocenters. The van der Waals surface area contributed by atoms with Gasteiger partial charge in [0.1, 0.15) is 0 Å². The van der Waals surface area contributed by atoms with Gasteiger partial charge in [0.15, 0.2) is 0 Å². The first-order valence-electron chi connectivity index (χ1n) is 5.86. The van der Waals surface area contributed by atoms with Crippen molar-refractivity contribution < 1.29 is 14.7 Å².